The van der Waals surface area contributed by atoms with Crippen molar-refractivity contribution in [3.8, 4) is 0 Å². The number of nitrogens with one attached hydrogen (secondary N) is 1. The van der Waals surface area contributed by atoms with Crippen molar-refractivity contribution in [2.24, 2.45) is 5.92 Å². The molecule has 1 aromatic carbocycles. The van der Waals surface area contributed by atoms with Crippen molar-refractivity contribution >= 4 is 17.6 Å². The fraction of sp³-hybridized carbons (Fsp3) is 0.500. The first-order valence-corrected chi connectivity index (χ1v) is 7.68. The van der Waals surface area contributed by atoms with Gasteiger partial charge in [-0.25, -0.2) is 4.79 Å². The number of rotatable bonds is 5. The maximum absolute atomic E-state index is 12.5. The second-order valence-corrected chi connectivity index (χ2v) is 5.98. The fourth-order valence-electron chi connectivity index (χ4n) is 2.91. The summed E-state index contributed by atoms with van der Waals surface area (Å²) in [5, 5.41) is 22.9. The summed E-state index contributed by atoms with van der Waals surface area (Å²) >= 11 is 0. The number of carboxylic acids is 1. The molecular formula is C16H20N2O6. The van der Waals surface area contributed by atoms with Crippen molar-refractivity contribution in [3.63, 3.8) is 0 Å². The summed E-state index contributed by atoms with van der Waals surface area (Å²) in [5.41, 5.74) is 0.943. The lowest BCUT2D eigenvalue weighted by Crippen LogP contribution is -2.48. The van der Waals surface area contributed by atoms with Crippen LogP contribution in [0.1, 0.15) is 34.3 Å². The molecule has 1 heterocycles. The molecule has 2 rings (SSSR count). The van der Waals surface area contributed by atoms with Gasteiger partial charge < -0.3 is 15.2 Å². The Morgan fingerprint density at radius 2 is 2.08 bits per heavy atom. The van der Waals surface area contributed by atoms with Crippen molar-refractivity contribution < 1.29 is 24.4 Å². The van der Waals surface area contributed by atoms with Crippen LogP contribution in [0.25, 0.3) is 0 Å². The summed E-state index contributed by atoms with van der Waals surface area (Å²) in [6, 6.07) is 1.65. The topological polar surface area (TPSA) is 119 Å². The lowest BCUT2D eigenvalue weighted by atomic mass is 9.93. The molecule has 1 saturated heterocycles. The van der Waals surface area contributed by atoms with E-state index in [1.165, 1.54) is 6.07 Å². The Hall–Kier alpha value is -2.48. The van der Waals surface area contributed by atoms with Crippen molar-refractivity contribution in [1.82, 2.24) is 5.32 Å². The van der Waals surface area contributed by atoms with Gasteiger partial charge in [-0.3, -0.25) is 14.9 Å². The van der Waals surface area contributed by atoms with Crippen LogP contribution in [0.2, 0.25) is 0 Å². The Kier molecular flexibility index (Phi) is 5.50. The maximum atomic E-state index is 12.5. The molecule has 130 valence electrons. The van der Waals surface area contributed by atoms with Gasteiger partial charge in [-0.2, -0.15) is 0 Å². The molecule has 1 aliphatic rings. The predicted octanol–water partition coefficient (Wildman–Crippen LogP) is 1.82. The van der Waals surface area contributed by atoms with Gasteiger partial charge >= 0.3 is 5.97 Å². The number of aryl methyl sites for hydroxylation is 2. The highest BCUT2D eigenvalue weighted by Gasteiger charge is 2.32. The summed E-state index contributed by atoms with van der Waals surface area (Å²) in [6.07, 6.45) is 1.38. The summed E-state index contributed by atoms with van der Waals surface area (Å²) in [4.78, 5) is 34.5. The monoisotopic (exact) mass is 336 g/mol. The molecule has 2 unspecified atom stereocenters. The number of nitrogens with zero attached hydrogens (tertiary/aromatic N) is 1. The first-order valence-electron chi connectivity index (χ1n) is 7.68. The molecule has 0 radical (unpaired) electrons. The first-order chi connectivity index (χ1) is 11.3. The van der Waals surface area contributed by atoms with Gasteiger partial charge in [-0.1, -0.05) is 0 Å². The zero-order valence-electron chi connectivity index (χ0n) is 13.6. The van der Waals surface area contributed by atoms with E-state index in [2.05, 4.69) is 5.32 Å². The average Bonchev–Trinajstić information content (AvgIpc) is 2.52. The van der Waals surface area contributed by atoms with Gasteiger partial charge in [-0.05, 0) is 38.3 Å². The number of ether oxygens (including phenoxy) is 1. The summed E-state index contributed by atoms with van der Waals surface area (Å²) in [7, 11) is 0. The third-order valence-electron chi connectivity index (χ3n) is 4.20. The van der Waals surface area contributed by atoms with E-state index in [0.29, 0.717) is 24.2 Å². The fourth-order valence-corrected chi connectivity index (χ4v) is 2.91. The number of aliphatic carboxylic acids is 1. The quantitative estimate of drug-likeness (QED) is 0.625. The highest BCUT2D eigenvalue weighted by molar-refractivity contribution is 5.98. The standard InChI is InChI=1S/C16H20N2O6/c1-9-6-10(2)13(18(22)23)7-12(9)15(19)17-14(16(20)21)11-4-3-5-24-8-11/h6-7,11,14H,3-5,8H2,1-2H3,(H,17,19)(H,20,21). The van der Waals surface area contributed by atoms with Gasteiger partial charge in [0.05, 0.1) is 11.5 Å². The van der Waals surface area contributed by atoms with Gasteiger partial charge in [0.25, 0.3) is 11.6 Å². The van der Waals surface area contributed by atoms with Crippen molar-refractivity contribution in [2.45, 2.75) is 32.7 Å². The molecule has 1 amide bonds. The molecular weight excluding hydrogens is 316 g/mol. The van der Waals surface area contributed by atoms with Crippen LogP contribution in [0.5, 0.6) is 0 Å². The van der Waals surface area contributed by atoms with Crippen LogP contribution in [-0.4, -0.2) is 41.2 Å². The van der Waals surface area contributed by atoms with Crippen molar-refractivity contribution in [3.05, 3.63) is 38.9 Å². The lowest BCUT2D eigenvalue weighted by Gasteiger charge is -2.28. The van der Waals surface area contributed by atoms with Gasteiger partial charge in [-0.15, -0.1) is 0 Å². The Labute approximate surface area is 139 Å². The number of carbonyl (C=O) groups is 2. The van der Waals surface area contributed by atoms with Crippen LogP contribution in [0.3, 0.4) is 0 Å². The SMILES string of the molecule is Cc1cc(C)c([N+](=O)[O-])cc1C(=O)NC(C(=O)O)C1CCCOC1. The number of carboxylic acid groups (broad SMARTS) is 1. The molecule has 8 nitrogen and oxygen atoms in total. The van der Waals surface area contributed by atoms with Gasteiger partial charge in [0.1, 0.15) is 6.04 Å². The normalized spacial score (nSPS) is 18.7. The zero-order valence-corrected chi connectivity index (χ0v) is 13.6. The minimum absolute atomic E-state index is 0.107. The first kappa shape index (κ1) is 17.9. The van der Waals surface area contributed by atoms with E-state index >= 15 is 0 Å². The molecule has 2 N–H and O–H groups in total. The van der Waals surface area contributed by atoms with Gasteiger partial charge in [0, 0.05) is 29.7 Å². The van der Waals surface area contributed by atoms with Crippen LogP contribution in [0.4, 0.5) is 5.69 Å². The molecule has 1 fully saturated rings. The molecule has 0 aromatic heterocycles. The maximum Gasteiger partial charge on any atom is 0.326 e. The minimum Gasteiger partial charge on any atom is -0.480 e. The second-order valence-electron chi connectivity index (χ2n) is 5.98. The Morgan fingerprint density at radius 1 is 1.38 bits per heavy atom. The van der Waals surface area contributed by atoms with Gasteiger partial charge in [0.15, 0.2) is 0 Å². The van der Waals surface area contributed by atoms with Crippen LogP contribution in [0.15, 0.2) is 12.1 Å². The summed E-state index contributed by atoms with van der Waals surface area (Å²) < 4.78 is 5.29. The minimum atomic E-state index is -1.14. The third kappa shape index (κ3) is 3.88. The number of benzene rings is 1. The number of nitro benzene ring substituents is 1. The van der Waals surface area contributed by atoms with Crippen LogP contribution in [-0.2, 0) is 9.53 Å². The van der Waals surface area contributed by atoms with Crippen LogP contribution < -0.4 is 5.32 Å². The number of nitro groups is 1. The van der Waals surface area contributed by atoms with E-state index in [1.807, 2.05) is 0 Å². The van der Waals surface area contributed by atoms with E-state index in [9.17, 15) is 24.8 Å². The highest BCUT2D eigenvalue weighted by atomic mass is 16.6. The molecule has 0 aliphatic carbocycles. The Morgan fingerprint density at radius 3 is 2.62 bits per heavy atom. The molecule has 0 spiro atoms. The molecule has 1 aliphatic heterocycles. The van der Waals surface area contributed by atoms with Crippen molar-refractivity contribution in [2.75, 3.05) is 13.2 Å². The van der Waals surface area contributed by atoms with E-state index in [-0.39, 0.29) is 23.8 Å². The summed E-state index contributed by atoms with van der Waals surface area (Å²) in [5.74, 6) is -2.09. The molecule has 2 atom stereocenters. The second kappa shape index (κ2) is 7.39. The van der Waals surface area contributed by atoms with Crippen molar-refractivity contribution in [1.29, 1.82) is 0 Å². The number of amides is 1. The molecule has 8 heteroatoms. The number of carbonyl (C=O) groups excluding carboxylic acids is 1. The van der Waals surface area contributed by atoms with E-state index in [0.717, 1.165) is 6.42 Å². The van der Waals surface area contributed by atoms with E-state index < -0.39 is 22.8 Å². The number of hydrogen-bond donors (Lipinski definition) is 2. The van der Waals surface area contributed by atoms with Crippen LogP contribution in [0, 0.1) is 29.9 Å². The molecule has 1 aromatic rings. The van der Waals surface area contributed by atoms with Gasteiger partial charge in [0.2, 0.25) is 0 Å². The Balaban J connectivity index is 2.25. The third-order valence-corrected chi connectivity index (χ3v) is 4.20. The smallest absolute Gasteiger partial charge is 0.326 e. The molecule has 0 bridgehead atoms. The van der Waals surface area contributed by atoms with Crippen LogP contribution >= 0.6 is 0 Å². The Bertz CT molecular complexity index is 667. The molecule has 24 heavy (non-hydrogen) atoms. The predicted molar refractivity (Wildman–Crippen MR) is 85.0 cm³/mol. The lowest BCUT2D eigenvalue weighted by molar-refractivity contribution is -0.385. The highest BCUT2D eigenvalue weighted by Crippen LogP contribution is 2.24. The zero-order chi connectivity index (χ0) is 17.9. The molecule has 0 saturated carbocycles. The van der Waals surface area contributed by atoms with E-state index in [1.54, 1.807) is 19.9 Å². The van der Waals surface area contributed by atoms with E-state index in [4.69, 9.17) is 4.74 Å². The number of hydrogen-bond acceptors (Lipinski definition) is 5. The summed E-state index contributed by atoms with van der Waals surface area (Å²) in [6.45, 7) is 4.10. The average molecular weight is 336 g/mol. The largest absolute Gasteiger partial charge is 0.480 e.